The van der Waals surface area contributed by atoms with Crippen LogP contribution in [0.3, 0.4) is 0 Å². The van der Waals surface area contributed by atoms with Crippen LogP contribution in [0.2, 0.25) is 0 Å². The van der Waals surface area contributed by atoms with Gasteiger partial charge in [0.2, 0.25) is 5.39 Å². The molecule has 0 saturated carbocycles. The maximum atomic E-state index is 8.80. The summed E-state index contributed by atoms with van der Waals surface area (Å²) in [5.41, 5.74) is 2.59. The Bertz CT molecular complexity index is 474. The normalized spacial score (nSPS) is 8.73. The van der Waals surface area contributed by atoms with Gasteiger partial charge < -0.3 is 12.4 Å². The molecule has 0 aliphatic carbocycles. The van der Waals surface area contributed by atoms with E-state index in [0.717, 1.165) is 11.1 Å². The van der Waals surface area contributed by atoms with Crippen molar-refractivity contribution in [2.24, 2.45) is 0 Å². The van der Waals surface area contributed by atoms with Gasteiger partial charge in [0.1, 0.15) is 0 Å². The Kier molecular flexibility index (Phi) is 3.84. The van der Waals surface area contributed by atoms with Gasteiger partial charge >= 0.3 is 5.69 Å². The molecule has 74 valence electrons. The van der Waals surface area contributed by atoms with Gasteiger partial charge in [-0.25, -0.2) is 0 Å². The molecule has 3 heteroatoms. The van der Waals surface area contributed by atoms with Gasteiger partial charge in [-0.05, 0) is 11.6 Å². The molecule has 0 aromatic heterocycles. The van der Waals surface area contributed by atoms with E-state index >= 15 is 0 Å². The molecule has 0 amide bonds. The van der Waals surface area contributed by atoms with Crippen molar-refractivity contribution in [3.05, 3.63) is 59.6 Å². The summed E-state index contributed by atoms with van der Waals surface area (Å²) in [5.74, 6) is 0. The van der Waals surface area contributed by atoms with Crippen LogP contribution in [0.4, 0.5) is 5.69 Å². The maximum absolute atomic E-state index is 8.80. The highest BCUT2D eigenvalue weighted by Crippen LogP contribution is 2.29. The van der Waals surface area contributed by atoms with Crippen molar-refractivity contribution in [1.29, 1.82) is 5.39 Å². The summed E-state index contributed by atoms with van der Waals surface area (Å²) in [5, 5.41) is 8.80. The Morgan fingerprint density at radius 2 is 1.40 bits per heavy atom. The Morgan fingerprint density at radius 1 is 0.800 bits per heavy atom. The molecule has 0 aliphatic rings. The van der Waals surface area contributed by atoms with Crippen molar-refractivity contribution >= 4 is 5.69 Å². The van der Waals surface area contributed by atoms with Crippen molar-refractivity contribution in [2.45, 2.75) is 0 Å². The first kappa shape index (κ1) is 11.2. The predicted molar refractivity (Wildman–Crippen MR) is 56.6 cm³/mol. The second-order valence-electron chi connectivity index (χ2n) is 2.98. The van der Waals surface area contributed by atoms with Crippen molar-refractivity contribution in [1.82, 2.24) is 0 Å². The van der Waals surface area contributed by atoms with Gasteiger partial charge in [0.25, 0.3) is 0 Å². The van der Waals surface area contributed by atoms with E-state index in [-0.39, 0.29) is 12.4 Å². The monoisotopic (exact) mass is 216 g/mol. The van der Waals surface area contributed by atoms with E-state index < -0.39 is 0 Å². The Morgan fingerprint density at radius 3 is 2.07 bits per heavy atom. The van der Waals surface area contributed by atoms with Crippen LogP contribution < -0.4 is 12.4 Å². The Hall–Kier alpha value is -1.85. The van der Waals surface area contributed by atoms with Crippen LogP contribution in [0.15, 0.2) is 54.6 Å². The number of nitrogens with zero attached hydrogens (tertiary/aromatic N) is 2. The van der Waals surface area contributed by atoms with Crippen LogP contribution in [0, 0.1) is 5.39 Å². The molecule has 0 saturated heterocycles. The fourth-order valence-electron chi connectivity index (χ4n) is 1.42. The molecule has 0 radical (unpaired) electrons. The lowest BCUT2D eigenvalue weighted by molar-refractivity contribution is -0.00000295. The van der Waals surface area contributed by atoms with Crippen LogP contribution >= 0.6 is 0 Å². The van der Waals surface area contributed by atoms with Gasteiger partial charge in [-0.2, -0.15) is 0 Å². The second-order valence-corrected chi connectivity index (χ2v) is 2.98. The molecule has 0 unspecified atom stereocenters. The topological polar surface area (TPSA) is 28.1 Å². The molecule has 2 nitrogen and oxygen atoms in total. The second kappa shape index (κ2) is 5.14. The van der Waals surface area contributed by atoms with E-state index in [1.165, 1.54) is 0 Å². The Labute approximate surface area is 94.6 Å². The van der Waals surface area contributed by atoms with E-state index in [0.29, 0.717) is 5.69 Å². The van der Waals surface area contributed by atoms with E-state index in [9.17, 15) is 0 Å². The predicted octanol–water partition coefficient (Wildman–Crippen LogP) is 0.842. The number of benzene rings is 2. The lowest BCUT2D eigenvalue weighted by Crippen LogP contribution is -3.00. The molecule has 0 heterocycles. The minimum Gasteiger partial charge on any atom is -1.00 e. The van der Waals surface area contributed by atoms with Crippen molar-refractivity contribution < 1.29 is 12.4 Å². The van der Waals surface area contributed by atoms with E-state index in [1.54, 1.807) is 6.07 Å². The minimum atomic E-state index is 0. The van der Waals surface area contributed by atoms with Crippen molar-refractivity contribution in [2.75, 3.05) is 0 Å². The van der Waals surface area contributed by atoms with Crippen LogP contribution in [0.25, 0.3) is 16.1 Å². The van der Waals surface area contributed by atoms with Crippen LogP contribution in [-0.2, 0) is 0 Å². The fraction of sp³-hybridized carbons (Fsp3) is 0. The van der Waals surface area contributed by atoms with Crippen LogP contribution in [0.5, 0.6) is 0 Å². The van der Waals surface area contributed by atoms with Crippen LogP contribution in [-0.4, -0.2) is 0 Å². The third kappa shape index (κ3) is 2.34. The summed E-state index contributed by atoms with van der Waals surface area (Å²) in [6.45, 7) is 0. The molecular formula is C12H9ClN2. The number of hydrogen-bond acceptors (Lipinski definition) is 1. The molecule has 0 bridgehead atoms. The number of diazo groups is 1. The third-order valence-corrected chi connectivity index (χ3v) is 2.10. The summed E-state index contributed by atoms with van der Waals surface area (Å²) in [6.07, 6.45) is 0. The highest BCUT2D eigenvalue weighted by Gasteiger charge is 2.12. The molecule has 0 N–H and O–H groups in total. The molecule has 2 aromatic carbocycles. The van der Waals surface area contributed by atoms with Crippen molar-refractivity contribution in [3.8, 4) is 11.1 Å². The first-order valence-corrected chi connectivity index (χ1v) is 4.41. The van der Waals surface area contributed by atoms with Gasteiger partial charge in [-0.1, -0.05) is 42.5 Å². The molecule has 0 fully saturated rings. The zero-order valence-corrected chi connectivity index (χ0v) is 8.72. The molecular weight excluding hydrogens is 208 g/mol. The van der Waals surface area contributed by atoms with E-state index in [1.807, 2.05) is 48.5 Å². The summed E-state index contributed by atoms with van der Waals surface area (Å²) < 4.78 is 0. The fourth-order valence-corrected chi connectivity index (χ4v) is 1.42. The number of rotatable bonds is 1. The lowest BCUT2D eigenvalue weighted by Gasteiger charge is -1.96. The van der Waals surface area contributed by atoms with Crippen molar-refractivity contribution in [3.63, 3.8) is 0 Å². The zero-order chi connectivity index (χ0) is 9.80. The van der Waals surface area contributed by atoms with Gasteiger partial charge in [-0.15, -0.1) is 0 Å². The number of halogens is 1. The quantitative estimate of drug-likeness (QED) is 0.650. The highest BCUT2D eigenvalue weighted by molar-refractivity contribution is 5.77. The zero-order valence-electron chi connectivity index (χ0n) is 7.97. The maximum Gasteiger partial charge on any atom is 0.392 e. The van der Waals surface area contributed by atoms with Gasteiger partial charge in [0.05, 0.1) is 5.56 Å². The van der Waals surface area contributed by atoms with E-state index in [4.69, 9.17) is 5.39 Å². The molecule has 15 heavy (non-hydrogen) atoms. The smallest absolute Gasteiger partial charge is 0.392 e. The summed E-state index contributed by atoms with van der Waals surface area (Å²) in [7, 11) is 0. The number of hydrogen-bond donors (Lipinski definition) is 0. The SMILES string of the molecule is N#[N+]c1ccccc1-c1ccccc1.[Cl-]. The van der Waals surface area contributed by atoms with E-state index in [2.05, 4.69) is 4.98 Å². The average Bonchev–Trinajstić information content (AvgIpc) is 2.30. The summed E-state index contributed by atoms with van der Waals surface area (Å²) >= 11 is 0. The first-order chi connectivity index (χ1) is 6.92. The molecule has 2 aromatic rings. The van der Waals surface area contributed by atoms with Gasteiger partial charge in [-0.3, -0.25) is 0 Å². The molecule has 0 aliphatic heterocycles. The largest absolute Gasteiger partial charge is 1.00 e. The molecule has 0 spiro atoms. The summed E-state index contributed by atoms with van der Waals surface area (Å²) in [6, 6.07) is 17.4. The minimum absolute atomic E-state index is 0. The molecule has 2 rings (SSSR count). The Balaban J connectivity index is 0.00000112. The highest BCUT2D eigenvalue weighted by atomic mass is 35.5. The van der Waals surface area contributed by atoms with Gasteiger partial charge in [0, 0.05) is 6.07 Å². The molecule has 0 atom stereocenters. The lowest BCUT2D eigenvalue weighted by atomic mass is 10.0. The van der Waals surface area contributed by atoms with Crippen LogP contribution in [0.1, 0.15) is 0 Å². The standard InChI is InChI=1S/C12H9N2.ClH/c13-14-12-9-5-4-8-11(12)10-6-2-1-3-7-10;/h1-9H;1H/q+1;/p-1. The summed E-state index contributed by atoms with van der Waals surface area (Å²) in [4.78, 5) is 3.25. The average molecular weight is 217 g/mol. The first-order valence-electron chi connectivity index (χ1n) is 4.41. The third-order valence-electron chi connectivity index (χ3n) is 2.10. The van der Waals surface area contributed by atoms with Gasteiger partial charge in [0.15, 0.2) is 4.98 Å².